The highest BCUT2D eigenvalue weighted by molar-refractivity contribution is 7.84. The minimum absolute atomic E-state index is 0.323. The molecule has 1 N–H and O–H groups in total. The predicted molar refractivity (Wildman–Crippen MR) is 82.7 cm³/mol. The number of rotatable bonds is 6. The second-order valence-electron chi connectivity index (χ2n) is 4.21. The van der Waals surface area contributed by atoms with Crippen LogP contribution in [0, 0.1) is 0 Å². The highest BCUT2D eigenvalue weighted by atomic mass is 35.5. The lowest BCUT2D eigenvalue weighted by atomic mass is 10.4. The SMILES string of the molecule is CCNCc1ccc(CS(=O)c2ccc(Cl)c(Cl)c2)o1. The molecular formula is C14H15Cl2NO2S. The molecule has 1 atom stereocenters. The molecule has 0 saturated carbocycles. The third kappa shape index (κ3) is 4.09. The van der Waals surface area contributed by atoms with E-state index in [0.717, 1.165) is 12.3 Å². The number of benzene rings is 1. The summed E-state index contributed by atoms with van der Waals surface area (Å²) in [6.45, 7) is 3.59. The minimum Gasteiger partial charge on any atom is -0.464 e. The van der Waals surface area contributed by atoms with E-state index in [1.54, 1.807) is 18.2 Å². The zero-order valence-electron chi connectivity index (χ0n) is 11.0. The van der Waals surface area contributed by atoms with Crippen molar-refractivity contribution in [1.82, 2.24) is 5.32 Å². The summed E-state index contributed by atoms with van der Waals surface area (Å²) in [5.41, 5.74) is 0. The number of hydrogen-bond acceptors (Lipinski definition) is 3. The molecule has 1 aromatic heterocycles. The molecule has 0 bridgehead atoms. The van der Waals surface area contributed by atoms with E-state index in [1.165, 1.54) is 0 Å². The van der Waals surface area contributed by atoms with Gasteiger partial charge in [-0.05, 0) is 36.9 Å². The van der Waals surface area contributed by atoms with Crippen LogP contribution in [0.25, 0.3) is 0 Å². The summed E-state index contributed by atoms with van der Waals surface area (Å²) in [6, 6.07) is 8.73. The zero-order valence-corrected chi connectivity index (χ0v) is 13.3. The molecule has 3 nitrogen and oxygen atoms in total. The van der Waals surface area contributed by atoms with Crippen molar-refractivity contribution in [2.75, 3.05) is 6.54 Å². The van der Waals surface area contributed by atoms with Crippen molar-refractivity contribution in [3.63, 3.8) is 0 Å². The molecule has 2 rings (SSSR count). The lowest BCUT2D eigenvalue weighted by molar-refractivity contribution is 0.461. The van der Waals surface area contributed by atoms with Gasteiger partial charge < -0.3 is 9.73 Å². The largest absolute Gasteiger partial charge is 0.464 e. The summed E-state index contributed by atoms with van der Waals surface area (Å²) in [5, 5.41) is 4.04. The number of halogens is 2. The van der Waals surface area contributed by atoms with Gasteiger partial charge in [0.2, 0.25) is 0 Å². The Kier molecular flexibility index (Phi) is 5.66. The summed E-state index contributed by atoms with van der Waals surface area (Å²) in [7, 11) is -1.20. The molecule has 1 unspecified atom stereocenters. The molecule has 1 aromatic carbocycles. The van der Waals surface area contributed by atoms with Gasteiger partial charge in [-0.15, -0.1) is 0 Å². The highest BCUT2D eigenvalue weighted by Crippen LogP contribution is 2.25. The first-order valence-electron chi connectivity index (χ1n) is 6.22. The number of nitrogens with one attached hydrogen (secondary N) is 1. The maximum atomic E-state index is 12.2. The van der Waals surface area contributed by atoms with Crippen LogP contribution >= 0.6 is 23.2 Å². The average molecular weight is 332 g/mol. The van der Waals surface area contributed by atoms with Gasteiger partial charge in [0.25, 0.3) is 0 Å². The van der Waals surface area contributed by atoms with Crippen LogP contribution in [0.1, 0.15) is 18.4 Å². The van der Waals surface area contributed by atoms with Crippen LogP contribution in [0.4, 0.5) is 0 Å². The van der Waals surface area contributed by atoms with Crippen LogP contribution in [0.15, 0.2) is 39.6 Å². The molecule has 108 valence electrons. The Labute approximate surface area is 130 Å². The topological polar surface area (TPSA) is 42.2 Å². The Morgan fingerprint density at radius 1 is 1.15 bits per heavy atom. The molecule has 2 aromatic rings. The molecule has 20 heavy (non-hydrogen) atoms. The molecular weight excluding hydrogens is 317 g/mol. The first-order valence-corrected chi connectivity index (χ1v) is 8.29. The highest BCUT2D eigenvalue weighted by Gasteiger charge is 2.10. The van der Waals surface area contributed by atoms with Crippen LogP contribution in [0.5, 0.6) is 0 Å². The predicted octanol–water partition coefficient (Wildman–Crippen LogP) is 4.00. The molecule has 0 fully saturated rings. The second-order valence-corrected chi connectivity index (χ2v) is 6.48. The Morgan fingerprint density at radius 3 is 2.60 bits per heavy atom. The van der Waals surface area contributed by atoms with Crippen LogP contribution in [-0.4, -0.2) is 10.8 Å². The van der Waals surface area contributed by atoms with Gasteiger partial charge in [0.1, 0.15) is 11.5 Å². The fourth-order valence-corrected chi connectivity index (χ4v) is 3.09. The Hall–Kier alpha value is -0.810. The molecule has 0 aliphatic carbocycles. The first-order chi connectivity index (χ1) is 9.60. The van der Waals surface area contributed by atoms with E-state index in [0.29, 0.717) is 33.0 Å². The quantitative estimate of drug-likeness (QED) is 0.869. The van der Waals surface area contributed by atoms with E-state index in [2.05, 4.69) is 5.32 Å². The normalized spacial score (nSPS) is 12.6. The van der Waals surface area contributed by atoms with Crippen LogP contribution < -0.4 is 5.32 Å². The fraction of sp³-hybridized carbons (Fsp3) is 0.286. The molecule has 0 amide bonds. The molecule has 1 heterocycles. The molecule has 0 aliphatic rings. The van der Waals surface area contributed by atoms with Crippen molar-refractivity contribution >= 4 is 34.0 Å². The van der Waals surface area contributed by atoms with E-state index < -0.39 is 10.8 Å². The lowest BCUT2D eigenvalue weighted by Gasteiger charge is -2.02. The van der Waals surface area contributed by atoms with E-state index in [-0.39, 0.29) is 0 Å². The third-order valence-electron chi connectivity index (χ3n) is 2.69. The van der Waals surface area contributed by atoms with E-state index >= 15 is 0 Å². The van der Waals surface area contributed by atoms with Crippen molar-refractivity contribution in [2.24, 2.45) is 0 Å². The van der Waals surface area contributed by atoms with E-state index in [9.17, 15) is 4.21 Å². The van der Waals surface area contributed by atoms with Crippen LogP contribution in [0.2, 0.25) is 10.0 Å². The Balaban J connectivity index is 2.03. The monoisotopic (exact) mass is 331 g/mol. The second kappa shape index (κ2) is 7.27. The van der Waals surface area contributed by atoms with Gasteiger partial charge in [0.15, 0.2) is 0 Å². The minimum atomic E-state index is -1.20. The Bertz CT molecular complexity index is 613. The van der Waals surface area contributed by atoms with Gasteiger partial charge in [0.05, 0.1) is 33.1 Å². The van der Waals surface area contributed by atoms with Gasteiger partial charge in [0, 0.05) is 4.90 Å². The van der Waals surface area contributed by atoms with Crippen LogP contribution in [-0.2, 0) is 23.1 Å². The first kappa shape index (κ1) is 15.6. The maximum absolute atomic E-state index is 12.2. The molecule has 6 heteroatoms. The fourth-order valence-electron chi connectivity index (χ4n) is 1.67. The third-order valence-corrected chi connectivity index (χ3v) is 4.76. The van der Waals surface area contributed by atoms with Crippen molar-refractivity contribution in [3.8, 4) is 0 Å². The zero-order chi connectivity index (χ0) is 14.5. The van der Waals surface area contributed by atoms with Gasteiger partial charge in [-0.2, -0.15) is 0 Å². The summed E-state index contributed by atoms with van der Waals surface area (Å²) in [4.78, 5) is 0.643. The molecule has 0 aliphatic heterocycles. The molecule has 0 spiro atoms. The summed E-state index contributed by atoms with van der Waals surface area (Å²) < 4.78 is 17.9. The van der Waals surface area contributed by atoms with Crippen molar-refractivity contribution in [1.29, 1.82) is 0 Å². The van der Waals surface area contributed by atoms with Gasteiger partial charge in [-0.25, -0.2) is 0 Å². The average Bonchev–Trinajstić information content (AvgIpc) is 2.87. The summed E-state index contributed by atoms with van der Waals surface area (Å²) in [6.07, 6.45) is 0. The van der Waals surface area contributed by atoms with Gasteiger partial charge in [-0.1, -0.05) is 30.1 Å². The van der Waals surface area contributed by atoms with E-state index in [1.807, 2.05) is 19.1 Å². The molecule has 0 saturated heterocycles. The van der Waals surface area contributed by atoms with Crippen molar-refractivity contribution in [3.05, 3.63) is 51.9 Å². The smallest absolute Gasteiger partial charge is 0.118 e. The van der Waals surface area contributed by atoms with Gasteiger partial charge in [-0.3, -0.25) is 4.21 Å². The van der Waals surface area contributed by atoms with Gasteiger partial charge >= 0.3 is 0 Å². The maximum Gasteiger partial charge on any atom is 0.118 e. The lowest BCUT2D eigenvalue weighted by Crippen LogP contribution is -2.10. The standard InChI is InChI=1S/C14H15Cl2NO2S/c1-2-17-8-10-3-4-11(19-10)9-20(18)12-5-6-13(15)14(16)7-12/h3-7,17H,2,8-9H2,1H3. The summed E-state index contributed by atoms with van der Waals surface area (Å²) >= 11 is 11.8. The van der Waals surface area contributed by atoms with E-state index in [4.69, 9.17) is 27.6 Å². The molecule has 0 radical (unpaired) electrons. The van der Waals surface area contributed by atoms with Crippen molar-refractivity contribution in [2.45, 2.75) is 24.1 Å². The summed E-state index contributed by atoms with van der Waals surface area (Å²) in [5.74, 6) is 1.86. The number of hydrogen-bond donors (Lipinski definition) is 1. The van der Waals surface area contributed by atoms with Crippen molar-refractivity contribution < 1.29 is 8.63 Å². The Morgan fingerprint density at radius 2 is 1.90 bits per heavy atom. The number of furan rings is 1. The van der Waals surface area contributed by atoms with Crippen LogP contribution in [0.3, 0.4) is 0 Å².